The van der Waals surface area contributed by atoms with Gasteiger partial charge in [0.05, 0.1) is 5.69 Å². The maximum absolute atomic E-state index is 11.8. The van der Waals surface area contributed by atoms with Gasteiger partial charge in [0.2, 0.25) is 0 Å². The molecule has 0 aromatic carbocycles. The number of rotatable bonds is 5. The zero-order valence-corrected chi connectivity index (χ0v) is 12.5. The molecule has 2 rings (SSSR count). The molecular weight excluding hydrogens is 276 g/mol. The zero-order chi connectivity index (χ0) is 14.7. The lowest BCUT2D eigenvalue weighted by Crippen LogP contribution is -2.20. The number of nitrogens with one attached hydrogen (secondary N) is 2. The molecule has 0 aliphatic carbocycles. The van der Waals surface area contributed by atoms with Crippen LogP contribution in [0.2, 0.25) is 0 Å². The van der Waals surface area contributed by atoms with E-state index in [4.69, 9.17) is 5.73 Å². The number of carbonyl (C=O) groups is 1. The molecule has 0 aliphatic heterocycles. The van der Waals surface area contributed by atoms with Crippen LogP contribution in [0.5, 0.6) is 0 Å². The molecule has 0 aliphatic rings. The highest BCUT2D eigenvalue weighted by Gasteiger charge is 2.18. The van der Waals surface area contributed by atoms with Crippen molar-refractivity contribution in [1.82, 2.24) is 19.5 Å². The molecule has 2 aromatic heterocycles. The van der Waals surface area contributed by atoms with E-state index in [1.54, 1.807) is 11.7 Å². The summed E-state index contributed by atoms with van der Waals surface area (Å²) in [7, 11) is 3.46. The van der Waals surface area contributed by atoms with Crippen LogP contribution < -0.4 is 16.4 Å². The molecular formula is C12H18N6OS. The minimum Gasteiger partial charge on any atom is -0.382 e. The van der Waals surface area contributed by atoms with Gasteiger partial charge in [0.25, 0.3) is 5.91 Å². The third kappa shape index (κ3) is 2.74. The molecule has 4 N–H and O–H groups in total. The molecule has 0 spiro atoms. The second-order valence-electron chi connectivity index (χ2n) is 4.33. The van der Waals surface area contributed by atoms with E-state index in [0.29, 0.717) is 17.1 Å². The fraction of sp³-hybridized carbons (Fsp3) is 0.417. The quantitative estimate of drug-likeness (QED) is 0.764. The van der Waals surface area contributed by atoms with Gasteiger partial charge in [0.1, 0.15) is 10.6 Å². The van der Waals surface area contributed by atoms with E-state index in [1.807, 2.05) is 13.2 Å². The lowest BCUT2D eigenvalue weighted by Gasteiger charge is -2.06. The van der Waals surface area contributed by atoms with Crippen molar-refractivity contribution in [2.45, 2.75) is 19.9 Å². The summed E-state index contributed by atoms with van der Waals surface area (Å²) < 4.78 is 5.81. The van der Waals surface area contributed by atoms with Crippen molar-refractivity contribution in [1.29, 1.82) is 0 Å². The first-order valence-corrected chi connectivity index (χ1v) is 7.06. The zero-order valence-electron chi connectivity index (χ0n) is 11.7. The van der Waals surface area contributed by atoms with E-state index in [1.165, 1.54) is 11.5 Å². The average Bonchev–Trinajstić information content (AvgIpc) is 2.98. The van der Waals surface area contributed by atoms with E-state index in [0.717, 1.165) is 17.7 Å². The van der Waals surface area contributed by atoms with Gasteiger partial charge in [-0.25, -0.2) is 0 Å². The van der Waals surface area contributed by atoms with Gasteiger partial charge in [-0.1, -0.05) is 6.92 Å². The Morgan fingerprint density at radius 3 is 2.95 bits per heavy atom. The normalized spacial score (nSPS) is 10.6. The van der Waals surface area contributed by atoms with Gasteiger partial charge >= 0.3 is 0 Å². The highest BCUT2D eigenvalue weighted by molar-refractivity contribution is 7.11. The summed E-state index contributed by atoms with van der Waals surface area (Å²) in [6.07, 6.45) is 2.83. The molecule has 8 heteroatoms. The fourth-order valence-electron chi connectivity index (χ4n) is 1.97. The number of nitrogen functional groups attached to an aromatic ring is 1. The minimum atomic E-state index is -0.236. The summed E-state index contributed by atoms with van der Waals surface area (Å²) in [5.74, 6) is 0.0133. The number of aromatic nitrogens is 3. The van der Waals surface area contributed by atoms with Crippen LogP contribution >= 0.6 is 11.5 Å². The van der Waals surface area contributed by atoms with Crippen molar-refractivity contribution in [3.63, 3.8) is 0 Å². The lowest BCUT2D eigenvalue weighted by atomic mass is 10.2. The molecule has 0 fully saturated rings. The number of aryl methyl sites for hydroxylation is 2. The van der Waals surface area contributed by atoms with E-state index >= 15 is 0 Å². The van der Waals surface area contributed by atoms with Gasteiger partial charge < -0.3 is 16.4 Å². The topological polar surface area (TPSA) is 97.9 Å². The van der Waals surface area contributed by atoms with Crippen LogP contribution in [0.3, 0.4) is 0 Å². The van der Waals surface area contributed by atoms with E-state index in [2.05, 4.69) is 27.0 Å². The van der Waals surface area contributed by atoms with Gasteiger partial charge in [-0.2, -0.15) is 9.47 Å². The molecule has 2 heterocycles. The predicted molar refractivity (Wildman–Crippen MR) is 79.8 cm³/mol. The Labute approximate surface area is 121 Å². The van der Waals surface area contributed by atoms with Crippen LogP contribution in [0.1, 0.15) is 28.5 Å². The van der Waals surface area contributed by atoms with Crippen molar-refractivity contribution in [2.75, 3.05) is 18.1 Å². The molecule has 0 saturated carbocycles. The Morgan fingerprint density at radius 2 is 2.30 bits per heavy atom. The van der Waals surface area contributed by atoms with E-state index in [-0.39, 0.29) is 11.7 Å². The summed E-state index contributed by atoms with van der Waals surface area (Å²) in [4.78, 5) is 11.8. The van der Waals surface area contributed by atoms with Crippen LogP contribution in [0, 0.1) is 0 Å². The molecule has 0 atom stereocenters. The summed E-state index contributed by atoms with van der Waals surface area (Å²) in [5, 5.41) is 10.8. The monoisotopic (exact) mass is 294 g/mol. The molecule has 1 amide bonds. The molecule has 2 aromatic rings. The molecule has 0 radical (unpaired) electrons. The van der Waals surface area contributed by atoms with Gasteiger partial charge in [-0.3, -0.25) is 9.48 Å². The smallest absolute Gasteiger partial charge is 0.257 e. The van der Waals surface area contributed by atoms with Gasteiger partial charge in [-0.15, -0.1) is 0 Å². The molecule has 0 bridgehead atoms. The standard InChI is InChI=1S/C12H18N6OS/c1-4-8-7(6-18(3)16-8)5-15-12-9(11(19)14-2)10(13)17-20-12/h6,15H,4-5H2,1-3H3,(H2,13,17)(H,14,19). The van der Waals surface area contributed by atoms with Gasteiger partial charge in [-0.05, 0) is 18.0 Å². The largest absolute Gasteiger partial charge is 0.382 e. The van der Waals surface area contributed by atoms with Crippen LogP contribution in [-0.2, 0) is 20.0 Å². The number of anilines is 2. The SMILES string of the molecule is CCc1nn(C)cc1CNc1snc(N)c1C(=O)NC. The van der Waals surface area contributed by atoms with Crippen molar-refractivity contribution in [3.05, 3.63) is 23.0 Å². The van der Waals surface area contributed by atoms with Gasteiger partial charge in [0, 0.05) is 32.4 Å². The summed E-state index contributed by atoms with van der Waals surface area (Å²) in [5.41, 5.74) is 8.27. The van der Waals surface area contributed by atoms with Crippen LogP contribution in [0.4, 0.5) is 10.8 Å². The second-order valence-corrected chi connectivity index (χ2v) is 5.11. The number of hydrogen-bond donors (Lipinski definition) is 3. The van der Waals surface area contributed by atoms with Gasteiger partial charge in [0.15, 0.2) is 5.82 Å². The Hall–Kier alpha value is -2.09. The minimum absolute atomic E-state index is 0.236. The molecule has 0 saturated heterocycles. The average molecular weight is 294 g/mol. The Bertz CT molecular complexity index is 617. The molecule has 7 nitrogen and oxygen atoms in total. The number of nitrogens with two attached hydrogens (primary N) is 1. The number of hydrogen-bond acceptors (Lipinski definition) is 6. The summed E-state index contributed by atoms with van der Waals surface area (Å²) in [6.45, 7) is 2.65. The van der Waals surface area contributed by atoms with Crippen molar-refractivity contribution >= 4 is 28.3 Å². The number of nitrogens with zero attached hydrogens (tertiary/aromatic N) is 3. The maximum atomic E-state index is 11.8. The lowest BCUT2D eigenvalue weighted by molar-refractivity contribution is 0.0965. The molecule has 108 valence electrons. The highest BCUT2D eigenvalue weighted by Crippen LogP contribution is 2.27. The first-order chi connectivity index (χ1) is 9.56. The second kappa shape index (κ2) is 5.91. The third-order valence-corrected chi connectivity index (χ3v) is 3.76. The number of carbonyl (C=O) groups excluding carboxylic acids is 1. The molecule has 0 unspecified atom stereocenters. The maximum Gasteiger partial charge on any atom is 0.257 e. The van der Waals surface area contributed by atoms with Crippen molar-refractivity contribution < 1.29 is 4.79 Å². The third-order valence-electron chi connectivity index (χ3n) is 2.94. The van der Waals surface area contributed by atoms with Crippen LogP contribution in [0.25, 0.3) is 0 Å². The first-order valence-electron chi connectivity index (χ1n) is 6.29. The summed E-state index contributed by atoms with van der Waals surface area (Å²) >= 11 is 1.19. The summed E-state index contributed by atoms with van der Waals surface area (Å²) in [6, 6.07) is 0. The fourth-order valence-corrected chi connectivity index (χ4v) is 2.68. The predicted octanol–water partition coefficient (Wildman–Crippen LogP) is 0.993. The van der Waals surface area contributed by atoms with Crippen molar-refractivity contribution in [3.8, 4) is 0 Å². The Morgan fingerprint density at radius 1 is 1.55 bits per heavy atom. The van der Waals surface area contributed by atoms with E-state index < -0.39 is 0 Å². The highest BCUT2D eigenvalue weighted by atomic mass is 32.1. The Balaban J connectivity index is 2.17. The van der Waals surface area contributed by atoms with Crippen LogP contribution in [0.15, 0.2) is 6.20 Å². The first kappa shape index (κ1) is 14.3. The molecule has 20 heavy (non-hydrogen) atoms. The van der Waals surface area contributed by atoms with E-state index in [9.17, 15) is 4.79 Å². The van der Waals surface area contributed by atoms with Crippen molar-refractivity contribution in [2.24, 2.45) is 7.05 Å². The number of amides is 1. The van der Waals surface area contributed by atoms with Crippen LogP contribution in [-0.4, -0.2) is 27.1 Å². The Kier molecular flexibility index (Phi) is 4.23.